The maximum atomic E-state index is 12.9. The van der Waals surface area contributed by atoms with Crippen molar-refractivity contribution in [2.75, 3.05) is 29.9 Å². The lowest BCUT2D eigenvalue weighted by molar-refractivity contribution is -0.127. The molecule has 7 heteroatoms. The lowest BCUT2D eigenvalue weighted by Gasteiger charge is -2.29. The standard InChI is InChI=1S/C26H29N3O3S/c1-17-8-7-9-18(2)24(17)27-23(30)16-29-25(31)22(33-26(29)32)15-20-10-11-21(14-19(20)3)28-12-5-4-6-13-28/h7-11,14-15H,4-6,12-13,16H2,1-3H3,(H,27,30). The van der Waals surface area contributed by atoms with E-state index in [9.17, 15) is 14.4 Å². The first-order chi connectivity index (χ1) is 15.8. The van der Waals surface area contributed by atoms with Crippen LogP contribution in [-0.4, -0.2) is 41.6 Å². The van der Waals surface area contributed by atoms with Gasteiger partial charge >= 0.3 is 0 Å². The Balaban J connectivity index is 1.46. The molecule has 0 aromatic heterocycles. The van der Waals surface area contributed by atoms with Gasteiger partial charge in [0.1, 0.15) is 6.54 Å². The molecule has 3 amide bonds. The Kier molecular flexibility index (Phi) is 6.88. The van der Waals surface area contributed by atoms with Crippen molar-refractivity contribution in [1.82, 2.24) is 4.90 Å². The van der Waals surface area contributed by atoms with E-state index >= 15 is 0 Å². The Morgan fingerprint density at radius 3 is 2.36 bits per heavy atom. The second-order valence-corrected chi connectivity index (χ2v) is 9.66. The molecular weight excluding hydrogens is 434 g/mol. The summed E-state index contributed by atoms with van der Waals surface area (Å²) in [6.07, 6.45) is 5.46. The van der Waals surface area contributed by atoms with Crippen LogP contribution in [0.25, 0.3) is 6.08 Å². The number of carbonyl (C=O) groups excluding carboxylic acids is 3. The number of para-hydroxylation sites is 1. The zero-order chi connectivity index (χ0) is 23.5. The van der Waals surface area contributed by atoms with Crippen LogP contribution in [-0.2, 0) is 9.59 Å². The number of imide groups is 1. The van der Waals surface area contributed by atoms with Gasteiger partial charge < -0.3 is 10.2 Å². The van der Waals surface area contributed by atoms with Crippen molar-refractivity contribution < 1.29 is 14.4 Å². The highest BCUT2D eigenvalue weighted by Gasteiger charge is 2.36. The highest BCUT2D eigenvalue weighted by Crippen LogP contribution is 2.33. The molecule has 172 valence electrons. The van der Waals surface area contributed by atoms with Crippen LogP contribution in [0, 0.1) is 20.8 Å². The summed E-state index contributed by atoms with van der Waals surface area (Å²) in [4.78, 5) is 41.7. The van der Waals surface area contributed by atoms with Gasteiger partial charge in [-0.2, -0.15) is 0 Å². The highest BCUT2D eigenvalue weighted by molar-refractivity contribution is 8.18. The molecule has 0 unspecified atom stereocenters. The Bertz CT molecular complexity index is 1120. The monoisotopic (exact) mass is 463 g/mol. The fraction of sp³-hybridized carbons (Fsp3) is 0.346. The number of amides is 3. The predicted octanol–water partition coefficient (Wildman–Crippen LogP) is 5.28. The molecule has 33 heavy (non-hydrogen) atoms. The third-order valence-corrected chi connectivity index (χ3v) is 7.09. The van der Waals surface area contributed by atoms with Gasteiger partial charge in [0.15, 0.2) is 0 Å². The summed E-state index contributed by atoms with van der Waals surface area (Å²) in [6.45, 7) is 7.67. The van der Waals surface area contributed by atoms with Crippen LogP contribution >= 0.6 is 11.8 Å². The summed E-state index contributed by atoms with van der Waals surface area (Å²) in [5.74, 6) is -0.820. The van der Waals surface area contributed by atoms with E-state index in [-0.39, 0.29) is 6.54 Å². The third-order valence-electron chi connectivity index (χ3n) is 6.18. The lowest BCUT2D eigenvalue weighted by atomic mass is 10.0. The summed E-state index contributed by atoms with van der Waals surface area (Å²) in [5, 5.41) is 2.41. The average Bonchev–Trinajstić information content (AvgIpc) is 3.05. The number of anilines is 2. The van der Waals surface area contributed by atoms with Crippen molar-refractivity contribution in [3.63, 3.8) is 0 Å². The topological polar surface area (TPSA) is 69.7 Å². The quantitative estimate of drug-likeness (QED) is 0.611. The molecule has 2 aliphatic rings. The number of thioether (sulfide) groups is 1. The fourth-order valence-electron chi connectivity index (χ4n) is 4.28. The molecule has 4 rings (SSSR count). The molecule has 2 fully saturated rings. The Hall–Kier alpha value is -3.06. The lowest BCUT2D eigenvalue weighted by Crippen LogP contribution is -2.36. The zero-order valence-corrected chi connectivity index (χ0v) is 20.1. The molecule has 2 aliphatic heterocycles. The molecule has 0 spiro atoms. The number of carbonyl (C=O) groups is 3. The van der Waals surface area contributed by atoms with Crippen LogP contribution in [0.5, 0.6) is 0 Å². The minimum atomic E-state index is -0.429. The van der Waals surface area contributed by atoms with Gasteiger partial charge in [0.25, 0.3) is 11.1 Å². The summed E-state index contributed by atoms with van der Waals surface area (Å²) in [7, 11) is 0. The largest absolute Gasteiger partial charge is 0.372 e. The number of hydrogen-bond acceptors (Lipinski definition) is 5. The molecule has 2 heterocycles. The average molecular weight is 464 g/mol. The highest BCUT2D eigenvalue weighted by atomic mass is 32.2. The zero-order valence-electron chi connectivity index (χ0n) is 19.3. The van der Waals surface area contributed by atoms with Gasteiger partial charge in [-0.05, 0) is 92.3 Å². The van der Waals surface area contributed by atoms with E-state index in [1.54, 1.807) is 6.08 Å². The number of benzene rings is 2. The van der Waals surface area contributed by atoms with Gasteiger partial charge in [0.2, 0.25) is 5.91 Å². The Morgan fingerprint density at radius 2 is 1.70 bits per heavy atom. The van der Waals surface area contributed by atoms with Gasteiger partial charge in [-0.25, -0.2) is 0 Å². The van der Waals surface area contributed by atoms with Crippen molar-refractivity contribution in [3.05, 3.63) is 63.6 Å². The minimum absolute atomic E-state index is 0.303. The summed E-state index contributed by atoms with van der Waals surface area (Å²) < 4.78 is 0. The molecule has 6 nitrogen and oxygen atoms in total. The maximum absolute atomic E-state index is 12.9. The first-order valence-corrected chi connectivity index (χ1v) is 12.1. The van der Waals surface area contributed by atoms with E-state index < -0.39 is 17.1 Å². The molecule has 0 saturated carbocycles. The molecule has 0 bridgehead atoms. The van der Waals surface area contributed by atoms with Crippen LogP contribution in [0.2, 0.25) is 0 Å². The number of nitrogens with one attached hydrogen (secondary N) is 1. The number of nitrogens with zero attached hydrogens (tertiary/aromatic N) is 2. The second kappa shape index (κ2) is 9.83. The molecule has 2 aromatic rings. The third kappa shape index (κ3) is 5.14. The normalized spacial score (nSPS) is 17.7. The van der Waals surface area contributed by atoms with Crippen LogP contribution < -0.4 is 10.2 Å². The number of piperidine rings is 1. The summed E-state index contributed by atoms with van der Waals surface area (Å²) in [5.41, 5.74) is 5.73. The van der Waals surface area contributed by atoms with E-state index in [0.717, 1.165) is 57.7 Å². The first kappa shape index (κ1) is 23.1. The van der Waals surface area contributed by atoms with Crippen molar-refractivity contribution in [3.8, 4) is 0 Å². The first-order valence-electron chi connectivity index (χ1n) is 11.3. The van der Waals surface area contributed by atoms with Crippen molar-refractivity contribution in [1.29, 1.82) is 0 Å². The smallest absolute Gasteiger partial charge is 0.294 e. The molecular formula is C26H29N3O3S. The number of rotatable bonds is 5. The van der Waals surface area contributed by atoms with Gasteiger partial charge in [0, 0.05) is 24.5 Å². The van der Waals surface area contributed by atoms with E-state index in [1.165, 1.54) is 24.9 Å². The van der Waals surface area contributed by atoms with Crippen molar-refractivity contribution in [2.45, 2.75) is 40.0 Å². The van der Waals surface area contributed by atoms with Gasteiger partial charge in [-0.15, -0.1) is 0 Å². The van der Waals surface area contributed by atoms with Gasteiger partial charge in [0.05, 0.1) is 4.91 Å². The van der Waals surface area contributed by atoms with Crippen molar-refractivity contribution in [2.24, 2.45) is 0 Å². The van der Waals surface area contributed by atoms with Crippen LogP contribution in [0.1, 0.15) is 41.5 Å². The second-order valence-electron chi connectivity index (χ2n) is 8.67. The molecule has 0 aliphatic carbocycles. The van der Waals surface area contributed by atoms with Crippen molar-refractivity contribution >= 4 is 46.3 Å². The maximum Gasteiger partial charge on any atom is 0.294 e. The van der Waals surface area contributed by atoms with E-state index in [1.807, 2.05) is 45.0 Å². The van der Waals surface area contributed by atoms with Crippen LogP contribution in [0.15, 0.2) is 41.3 Å². The Morgan fingerprint density at radius 1 is 1.00 bits per heavy atom. The summed E-state index contributed by atoms with van der Waals surface area (Å²) >= 11 is 0.880. The van der Waals surface area contributed by atoms with Gasteiger partial charge in [-0.3, -0.25) is 19.3 Å². The van der Waals surface area contributed by atoms with E-state index in [4.69, 9.17) is 0 Å². The fourth-order valence-corrected chi connectivity index (χ4v) is 5.11. The molecule has 2 saturated heterocycles. The van der Waals surface area contributed by atoms with Crippen LogP contribution in [0.3, 0.4) is 0 Å². The predicted molar refractivity (Wildman–Crippen MR) is 134 cm³/mol. The van der Waals surface area contributed by atoms with E-state index in [0.29, 0.717) is 4.91 Å². The Labute approximate surface area is 199 Å². The number of aryl methyl sites for hydroxylation is 3. The molecule has 0 atom stereocenters. The number of hydrogen-bond donors (Lipinski definition) is 1. The molecule has 2 aromatic carbocycles. The van der Waals surface area contributed by atoms with Gasteiger partial charge in [-0.1, -0.05) is 24.3 Å². The molecule has 1 N–H and O–H groups in total. The minimum Gasteiger partial charge on any atom is -0.372 e. The SMILES string of the molecule is Cc1cc(N2CCCCC2)ccc1C=C1SC(=O)N(CC(=O)Nc2c(C)cccc2C)C1=O. The van der Waals surface area contributed by atoms with Crippen LogP contribution in [0.4, 0.5) is 16.2 Å². The van der Waals surface area contributed by atoms with E-state index in [2.05, 4.69) is 22.3 Å². The summed E-state index contributed by atoms with van der Waals surface area (Å²) in [6, 6.07) is 11.9. The molecule has 0 radical (unpaired) electrons.